The van der Waals surface area contributed by atoms with Crippen LogP contribution in [0.2, 0.25) is 0 Å². The largest absolute Gasteiger partial charge is 0.507 e. The van der Waals surface area contributed by atoms with Gasteiger partial charge in [0.05, 0.1) is 12.1 Å². The average molecular weight is 369 g/mol. The van der Waals surface area contributed by atoms with Gasteiger partial charge in [-0.25, -0.2) is 0 Å². The zero-order chi connectivity index (χ0) is 19.2. The number of fused-ring (bicyclic) bond motifs is 3. The summed E-state index contributed by atoms with van der Waals surface area (Å²) >= 11 is 0. The smallest absolute Gasteiger partial charge is 0.129 e. The lowest BCUT2D eigenvalue weighted by molar-refractivity contribution is 0.0816. The van der Waals surface area contributed by atoms with Crippen molar-refractivity contribution in [1.82, 2.24) is 0 Å². The Morgan fingerprint density at radius 3 is 2.78 bits per heavy atom. The highest BCUT2D eigenvalue weighted by Crippen LogP contribution is 2.45. The fourth-order valence-electron chi connectivity index (χ4n) is 4.04. The van der Waals surface area contributed by atoms with Crippen molar-refractivity contribution in [3.8, 4) is 23.0 Å². The quantitative estimate of drug-likeness (QED) is 0.863. The van der Waals surface area contributed by atoms with Crippen LogP contribution in [-0.4, -0.2) is 23.9 Å². The summed E-state index contributed by atoms with van der Waals surface area (Å²) in [5.41, 5.74) is 8.60. The molecule has 4 rings (SSSR count). The van der Waals surface area contributed by atoms with Crippen LogP contribution in [0.4, 0.5) is 0 Å². The van der Waals surface area contributed by atoms with E-state index < -0.39 is 5.54 Å². The van der Waals surface area contributed by atoms with Gasteiger partial charge in [-0.1, -0.05) is 6.07 Å². The number of aromatic hydroxyl groups is 1. The van der Waals surface area contributed by atoms with Crippen molar-refractivity contribution in [2.45, 2.75) is 51.2 Å². The number of rotatable bonds is 3. The van der Waals surface area contributed by atoms with Gasteiger partial charge in [-0.3, -0.25) is 0 Å². The van der Waals surface area contributed by atoms with Crippen molar-refractivity contribution in [3.05, 3.63) is 47.0 Å². The number of nitrogens with two attached hydrogens (primary N) is 1. The second kappa shape index (κ2) is 6.34. The summed E-state index contributed by atoms with van der Waals surface area (Å²) in [7, 11) is 0. The van der Waals surface area contributed by atoms with E-state index in [0.29, 0.717) is 30.9 Å². The molecule has 0 aliphatic carbocycles. The predicted molar refractivity (Wildman–Crippen MR) is 104 cm³/mol. The SMILES string of the molecule is CCOc1ccc([C@]2(N)COc3c(ccc4c3CCC(C)(C)O4)C2)c(O)c1. The zero-order valence-electron chi connectivity index (χ0n) is 16.2. The molecule has 1 atom stereocenters. The van der Waals surface area contributed by atoms with Crippen molar-refractivity contribution >= 4 is 0 Å². The highest BCUT2D eigenvalue weighted by atomic mass is 16.5. The normalized spacial score (nSPS) is 22.8. The van der Waals surface area contributed by atoms with Crippen LogP contribution < -0.4 is 19.9 Å². The maximum atomic E-state index is 10.5. The second-order valence-corrected chi connectivity index (χ2v) is 8.13. The molecule has 2 aliphatic heterocycles. The molecule has 0 radical (unpaired) electrons. The number of hydrogen-bond donors (Lipinski definition) is 2. The van der Waals surface area contributed by atoms with Crippen molar-refractivity contribution < 1.29 is 19.3 Å². The molecule has 144 valence electrons. The van der Waals surface area contributed by atoms with Crippen LogP contribution in [0.1, 0.15) is 43.9 Å². The highest BCUT2D eigenvalue weighted by molar-refractivity contribution is 5.55. The first-order valence-electron chi connectivity index (χ1n) is 9.53. The van der Waals surface area contributed by atoms with E-state index >= 15 is 0 Å². The third kappa shape index (κ3) is 3.21. The summed E-state index contributed by atoms with van der Waals surface area (Å²) in [6, 6.07) is 9.33. The van der Waals surface area contributed by atoms with Crippen molar-refractivity contribution in [3.63, 3.8) is 0 Å². The Morgan fingerprint density at radius 1 is 1.22 bits per heavy atom. The predicted octanol–water partition coefficient (Wildman–Crippen LogP) is 3.68. The number of hydrogen-bond acceptors (Lipinski definition) is 5. The van der Waals surface area contributed by atoms with Crippen molar-refractivity contribution in [1.29, 1.82) is 0 Å². The fourth-order valence-corrected chi connectivity index (χ4v) is 4.04. The minimum atomic E-state index is -0.787. The fraction of sp³-hybridized carbons (Fsp3) is 0.455. The molecule has 3 N–H and O–H groups in total. The molecule has 2 aliphatic rings. The van der Waals surface area contributed by atoms with E-state index in [1.807, 2.05) is 31.2 Å². The molecular weight excluding hydrogens is 342 g/mol. The molecule has 5 heteroatoms. The van der Waals surface area contributed by atoms with Crippen molar-refractivity contribution in [2.75, 3.05) is 13.2 Å². The highest BCUT2D eigenvalue weighted by Gasteiger charge is 2.39. The lowest BCUT2D eigenvalue weighted by atomic mass is 9.81. The molecule has 2 aromatic rings. The van der Waals surface area contributed by atoms with E-state index in [4.69, 9.17) is 19.9 Å². The van der Waals surface area contributed by atoms with Crippen LogP contribution in [0.25, 0.3) is 0 Å². The van der Waals surface area contributed by atoms with Crippen molar-refractivity contribution in [2.24, 2.45) is 5.73 Å². The summed E-state index contributed by atoms with van der Waals surface area (Å²) in [4.78, 5) is 0. The maximum Gasteiger partial charge on any atom is 0.129 e. The zero-order valence-corrected chi connectivity index (χ0v) is 16.2. The number of ether oxygens (including phenoxy) is 3. The standard InChI is InChI=1S/C22H27NO4/c1-4-25-15-6-7-17(18(24)11-15)22(23)12-14-5-8-19-16(20(14)26-13-22)9-10-21(2,3)27-19/h5-8,11,24H,4,9-10,12-13,23H2,1-3H3/t22-/m1/s1. The van der Waals surface area contributed by atoms with Crippen LogP contribution in [0.3, 0.4) is 0 Å². The van der Waals surface area contributed by atoms with E-state index in [9.17, 15) is 5.11 Å². The van der Waals surface area contributed by atoms with E-state index in [2.05, 4.69) is 13.8 Å². The molecular formula is C22H27NO4. The maximum absolute atomic E-state index is 10.5. The van der Waals surface area contributed by atoms with Gasteiger partial charge in [0.15, 0.2) is 0 Å². The van der Waals surface area contributed by atoms with Crippen LogP contribution in [0.5, 0.6) is 23.0 Å². The van der Waals surface area contributed by atoms with Gasteiger partial charge in [0, 0.05) is 23.6 Å². The molecule has 0 saturated heterocycles. The van der Waals surface area contributed by atoms with Crippen LogP contribution in [0.15, 0.2) is 30.3 Å². The number of phenolic OH excluding ortho intramolecular Hbond substituents is 1. The summed E-state index contributed by atoms with van der Waals surface area (Å²) in [5, 5.41) is 10.5. The van der Waals surface area contributed by atoms with Gasteiger partial charge in [0.2, 0.25) is 0 Å². The molecule has 0 unspecified atom stereocenters. The first-order valence-corrected chi connectivity index (χ1v) is 9.53. The third-order valence-corrected chi connectivity index (χ3v) is 5.46. The molecule has 0 spiro atoms. The first-order chi connectivity index (χ1) is 12.8. The number of benzene rings is 2. The Hall–Kier alpha value is -2.40. The molecule has 2 aromatic carbocycles. The minimum Gasteiger partial charge on any atom is -0.507 e. The van der Waals surface area contributed by atoms with Gasteiger partial charge in [-0.15, -0.1) is 0 Å². The van der Waals surface area contributed by atoms with Crippen LogP contribution in [-0.2, 0) is 18.4 Å². The Morgan fingerprint density at radius 2 is 2.04 bits per heavy atom. The monoisotopic (exact) mass is 369 g/mol. The Kier molecular flexibility index (Phi) is 4.22. The Labute approximate surface area is 160 Å². The minimum absolute atomic E-state index is 0.138. The molecule has 27 heavy (non-hydrogen) atoms. The molecule has 2 heterocycles. The molecule has 0 saturated carbocycles. The van der Waals surface area contributed by atoms with E-state index in [1.165, 1.54) is 0 Å². The van der Waals surface area contributed by atoms with Gasteiger partial charge < -0.3 is 25.1 Å². The average Bonchev–Trinajstić information content (AvgIpc) is 2.60. The lowest BCUT2D eigenvalue weighted by Gasteiger charge is -2.39. The summed E-state index contributed by atoms with van der Waals surface area (Å²) in [5.74, 6) is 2.57. The van der Waals surface area contributed by atoms with E-state index in [1.54, 1.807) is 6.07 Å². The first kappa shape index (κ1) is 18.0. The van der Waals surface area contributed by atoms with Crippen LogP contribution >= 0.6 is 0 Å². The third-order valence-electron chi connectivity index (χ3n) is 5.46. The molecule has 0 fully saturated rings. The topological polar surface area (TPSA) is 73.9 Å². The molecule has 0 bridgehead atoms. The van der Waals surface area contributed by atoms with E-state index in [0.717, 1.165) is 35.5 Å². The molecule has 0 aromatic heterocycles. The Balaban J connectivity index is 1.65. The van der Waals surface area contributed by atoms with E-state index in [-0.39, 0.29) is 11.4 Å². The summed E-state index contributed by atoms with van der Waals surface area (Å²) < 4.78 is 17.7. The molecule has 0 amide bonds. The Bertz CT molecular complexity index is 877. The lowest BCUT2D eigenvalue weighted by Crippen LogP contribution is -2.47. The number of phenols is 1. The van der Waals surface area contributed by atoms with Gasteiger partial charge in [0.1, 0.15) is 35.2 Å². The van der Waals surface area contributed by atoms with Crippen LogP contribution in [0, 0.1) is 0 Å². The van der Waals surface area contributed by atoms with Gasteiger partial charge >= 0.3 is 0 Å². The second-order valence-electron chi connectivity index (χ2n) is 8.13. The van der Waals surface area contributed by atoms with Gasteiger partial charge in [-0.2, -0.15) is 0 Å². The van der Waals surface area contributed by atoms with Gasteiger partial charge in [0.25, 0.3) is 0 Å². The van der Waals surface area contributed by atoms with Gasteiger partial charge in [-0.05, 0) is 57.4 Å². The summed E-state index contributed by atoms with van der Waals surface area (Å²) in [6.45, 7) is 6.98. The molecule has 5 nitrogen and oxygen atoms in total. The summed E-state index contributed by atoms with van der Waals surface area (Å²) in [6.07, 6.45) is 2.48.